The van der Waals surface area contributed by atoms with E-state index in [2.05, 4.69) is 19.4 Å². The van der Waals surface area contributed by atoms with Crippen molar-refractivity contribution >= 4 is 28.1 Å². The van der Waals surface area contributed by atoms with Crippen LogP contribution in [0.4, 0.5) is 5.82 Å². The zero-order valence-electron chi connectivity index (χ0n) is 18.6. The highest BCUT2D eigenvalue weighted by Crippen LogP contribution is 2.28. The molecular weight excluding hydrogens is 444 g/mol. The van der Waals surface area contributed by atoms with Crippen LogP contribution in [0.15, 0.2) is 24.5 Å². The molecule has 33 heavy (non-hydrogen) atoms. The first-order valence-electron chi connectivity index (χ1n) is 11.1. The molecule has 0 amide bonds. The summed E-state index contributed by atoms with van der Waals surface area (Å²) in [4.78, 5) is 25.5. The van der Waals surface area contributed by atoms with E-state index < -0.39 is 11.1 Å². The Labute approximate surface area is 194 Å². The number of hydrogen-bond donors (Lipinski definition) is 1. The fraction of sp³-hybridized carbons (Fsp3) is 0.524. The van der Waals surface area contributed by atoms with Crippen molar-refractivity contribution in [2.75, 3.05) is 63.3 Å². The predicted molar refractivity (Wildman–Crippen MR) is 125 cm³/mol. The molecule has 0 aliphatic carbocycles. The Morgan fingerprint density at radius 2 is 1.82 bits per heavy atom. The quantitative estimate of drug-likeness (QED) is 0.511. The van der Waals surface area contributed by atoms with Crippen molar-refractivity contribution < 1.29 is 13.5 Å². The largest absolute Gasteiger partial charge is 0.378 e. The van der Waals surface area contributed by atoms with Gasteiger partial charge in [0.1, 0.15) is 11.7 Å². The lowest BCUT2D eigenvalue weighted by Crippen LogP contribution is -2.46. The van der Waals surface area contributed by atoms with Gasteiger partial charge >= 0.3 is 0 Å². The van der Waals surface area contributed by atoms with Crippen LogP contribution in [0.2, 0.25) is 0 Å². The molecule has 0 saturated carbocycles. The number of piperazine rings is 1. The molecule has 2 saturated heterocycles. The second kappa shape index (κ2) is 9.77. The van der Waals surface area contributed by atoms with E-state index in [1.165, 1.54) is 0 Å². The molecule has 5 rings (SSSR count). The molecule has 0 radical (unpaired) electrons. The Kier molecular flexibility index (Phi) is 6.60. The first-order valence-corrected chi connectivity index (χ1v) is 12.3. The molecule has 1 unspecified atom stereocenters. The third kappa shape index (κ3) is 4.89. The minimum atomic E-state index is -1.79. The normalized spacial score (nSPS) is 19.3. The van der Waals surface area contributed by atoms with E-state index in [0.717, 1.165) is 67.6 Å². The van der Waals surface area contributed by atoms with E-state index in [0.29, 0.717) is 25.6 Å². The summed E-state index contributed by atoms with van der Waals surface area (Å²) in [6.45, 7) is 6.71. The van der Waals surface area contributed by atoms with Crippen molar-refractivity contribution in [2.24, 2.45) is 7.05 Å². The van der Waals surface area contributed by atoms with Crippen molar-refractivity contribution in [3.05, 3.63) is 30.4 Å². The van der Waals surface area contributed by atoms with Gasteiger partial charge in [-0.2, -0.15) is 0 Å². The summed E-state index contributed by atoms with van der Waals surface area (Å²) in [6, 6.07) is 3.85. The average Bonchev–Trinajstić information content (AvgIpc) is 3.15. The molecule has 5 heterocycles. The van der Waals surface area contributed by atoms with Gasteiger partial charge in [-0.3, -0.25) is 14.8 Å². The summed E-state index contributed by atoms with van der Waals surface area (Å²) in [5.41, 5.74) is 2.47. The molecule has 2 aliphatic rings. The van der Waals surface area contributed by atoms with Gasteiger partial charge in [-0.25, -0.2) is 19.2 Å². The Morgan fingerprint density at radius 1 is 1.06 bits per heavy atom. The third-order valence-electron chi connectivity index (χ3n) is 6.15. The van der Waals surface area contributed by atoms with Crippen LogP contribution < -0.4 is 4.90 Å². The fourth-order valence-corrected chi connectivity index (χ4v) is 4.86. The molecule has 2 aliphatic heterocycles. The molecule has 0 bridgehead atoms. The van der Waals surface area contributed by atoms with Crippen LogP contribution in [0.3, 0.4) is 0 Å². The second-order valence-electron chi connectivity index (χ2n) is 8.32. The molecule has 3 aromatic heterocycles. The van der Waals surface area contributed by atoms with Gasteiger partial charge in [-0.1, -0.05) is 0 Å². The molecule has 176 valence electrons. The summed E-state index contributed by atoms with van der Waals surface area (Å²) < 4.78 is 27.8. The number of rotatable bonds is 6. The maximum atomic E-state index is 11.1. The van der Waals surface area contributed by atoms with Crippen molar-refractivity contribution in [3.8, 4) is 11.4 Å². The van der Waals surface area contributed by atoms with E-state index in [1.807, 2.05) is 24.1 Å². The average molecular weight is 473 g/mol. The van der Waals surface area contributed by atoms with Crippen LogP contribution >= 0.6 is 0 Å². The number of ether oxygens (including phenoxy) is 1. The van der Waals surface area contributed by atoms with E-state index in [9.17, 15) is 4.21 Å². The standard InChI is InChI=1S/C21H28N8O3S/c1-26-17(14-27-5-7-28(8-6-27)15-33(30)31)23-18-20(26)24-19(16-3-2-4-22-13-16)25-21(18)29-9-11-32-12-10-29/h2-4,13H,5-12,14-15H2,1H3,(H,30,31). The van der Waals surface area contributed by atoms with E-state index in [1.54, 1.807) is 12.4 Å². The zero-order chi connectivity index (χ0) is 22.8. The molecule has 1 N–H and O–H groups in total. The highest BCUT2D eigenvalue weighted by atomic mass is 32.2. The number of hydrogen-bond acceptors (Lipinski definition) is 9. The van der Waals surface area contributed by atoms with Crippen molar-refractivity contribution in [1.82, 2.24) is 34.3 Å². The summed E-state index contributed by atoms with van der Waals surface area (Å²) in [7, 11) is 2.00. The summed E-state index contributed by atoms with van der Waals surface area (Å²) in [6.07, 6.45) is 3.52. The summed E-state index contributed by atoms with van der Waals surface area (Å²) >= 11 is -1.79. The molecule has 12 heteroatoms. The third-order valence-corrected chi connectivity index (χ3v) is 6.73. The topological polar surface area (TPSA) is 113 Å². The smallest absolute Gasteiger partial charge is 0.167 e. The van der Waals surface area contributed by atoms with E-state index in [-0.39, 0.29) is 5.88 Å². The van der Waals surface area contributed by atoms with Crippen molar-refractivity contribution in [1.29, 1.82) is 0 Å². The number of morpholine rings is 1. The fourth-order valence-electron chi connectivity index (χ4n) is 4.29. The van der Waals surface area contributed by atoms with E-state index in [4.69, 9.17) is 24.2 Å². The monoisotopic (exact) mass is 472 g/mol. The molecule has 3 aromatic rings. The number of imidazole rings is 1. The molecule has 0 spiro atoms. The van der Waals surface area contributed by atoms with Gasteiger partial charge in [0, 0.05) is 64.3 Å². The van der Waals surface area contributed by atoms with Gasteiger partial charge in [0.25, 0.3) is 0 Å². The Balaban J connectivity index is 1.46. The Bertz CT molecular complexity index is 1130. The van der Waals surface area contributed by atoms with Crippen LogP contribution in [0.1, 0.15) is 5.82 Å². The second-order valence-corrected chi connectivity index (χ2v) is 9.22. The van der Waals surface area contributed by atoms with Gasteiger partial charge < -0.3 is 18.8 Å². The number of anilines is 1. The molecule has 0 aromatic carbocycles. The maximum Gasteiger partial charge on any atom is 0.167 e. The highest BCUT2D eigenvalue weighted by molar-refractivity contribution is 7.79. The lowest BCUT2D eigenvalue weighted by Gasteiger charge is -2.33. The van der Waals surface area contributed by atoms with Gasteiger partial charge in [0.2, 0.25) is 0 Å². The molecule has 2 fully saturated rings. The molecule has 11 nitrogen and oxygen atoms in total. The van der Waals surface area contributed by atoms with Gasteiger partial charge in [0.05, 0.1) is 19.8 Å². The number of nitrogens with zero attached hydrogens (tertiary/aromatic N) is 8. The lowest BCUT2D eigenvalue weighted by molar-refractivity contribution is 0.122. The van der Waals surface area contributed by atoms with Gasteiger partial charge in [-0.05, 0) is 12.1 Å². The number of aromatic nitrogens is 5. The van der Waals surface area contributed by atoms with Crippen LogP contribution in [-0.4, -0.2) is 101 Å². The molecular formula is C21H28N8O3S. The maximum absolute atomic E-state index is 11.1. The highest BCUT2D eigenvalue weighted by Gasteiger charge is 2.24. The number of fused-ring (bicyclic) bond motifs is 1. The van der Waals surface area contributed by atoms with Gasteiger partial charge in [0.15, 0.2) is 33.9 Å². The minimum absolute atomic E-state index is 0.204. The minimum Gasteiger partial charge on any atom is -0.378 e. The Hall–Kier alpha value is -2.51. The Morgan fingerprint density at radius 3 is 2.52 bits per heavy atom. The SMILES string of the molecule is Cn1c(CN2CCN(CS(=O)O)CC2)nc2c(N3CCOCC3)nc(-c3cccnc3)nc21. The number of pyridine rings is 1. The summed E-state index contributed by atoms with van der Waals surface area (Å²) in [5, 5.41) is 0. The van der Waals surface area contributed by atoms with Crippen molar-refractivity contribution in [3.63, 3.8) is 0 Å². The van der Waals surface area contributed by atoms with Crippen LogP contribution in [0.5, 0.6) is 0 Å². The first-order chi connectivity index (χ1) is 16.1. The number of aryl methyl sites for hydroxylation is 1. The zero-order valence-corrected chi connectivity index (χ0v) is 19.4. The molecule has 1 atom stereocenters. The van der Waals surface area contributed by atoms with Crippen LogP contribution in [-0.2, 0) is 29.4 Å². The van der Waals surface area contributed by atoms with Crippen LogP contribution in [0, 0.1) is 0 Å². The lowest BCUT2D eigenvalue weighted by atomic mass is 10.2. The van der Waals surface area contributed by atoms with Gasteiger partial charge in [-0.15, -0.1) is 0 Å². The first kappa shape index (κ1) is 22.3. The predicted octanol–water partition coefficient (Wildman–Crippen LogP) is 0.559. The summed E-state index contributed by atoms with van der Waals surface area (Å²) in [5.74, 6) is 2.60. The van der Waals surface area contributed by atoms with Crippen molar-refractivity contribution in [2.45, 2.75) is 6.54 Å². The van der Waals surface area contributed by atoms with E-state index >= 15 is 0 Å². The van der Waals surface area contributed by atoms with Crippen LogP contribution in [0.25, 0.3) is 22.6 Å².